The molecule has 1 unspecified atom stereocenters. The van der Waals surface area contributed by atoms with Crippen molar-refractivity contribution in [2.45, 2.75) is 31.2 Å². The Bertz CT molecular complexity index is 906. The second kappa shape index (κ2) is 9.14. The fourth-order valence-electron chi connectivity index (χ4n) is 2.72. The fraction of sp³-hybridized carbons (Fsp3) is 0.278. The van der Waals surface area contributed by atoms with Gasteiger partial charge in [0.25, 0.3) is 11.3 Å². The van der Waals surface area contributed by atoms with Gasteiger partial charge in [0, 0.05) is 0 Å². The van der Waals surface area contributed by atoms with E-state index in [1.54, 1.807) is 35.8 Å². The first kappa shape index (κ1) is 24.5. The average molecular weight is 469 g/mol. The predicted molar refractivity (Wildman–Crippen MR) is 102 cm³/mol. The molecule has 0 radical (unpaired) electrons. The summed E-state index contributed by atoms with van der Waals surface area (Å²) in [6.45, 7) is 0.603. The van der Waals surface area contributed by atoms with Crippen molar-refractivity contribution >= 4 is 23.0 Å². The van der Waals surface area contributed by atoms with Crippen LogP contribution in [0, 0.1) is 0 Å². The summed E-state index contributed by atoms with van der Waals surface area (Å²) in [6.07, 6.45) is -13.3. The molecule has 2 amide bonds. The molecule has 1 atom stereocenters. The number of benzene rings is 2. The summed E-state index contributed by atoms with van der Waals surface area (Å²) in [4.78, 5) is 12.0. The maximum Gasteiger partial charge on any atom is 0.420 e. The van der Waals surface area contributed by atoms with Gasteiger partial charge < -0.3 is 5.32 Å². The summed E-state index contributed by atoms with van der Waals surface area (Å²) in [5.74, 6) is 0. The van der Waals surface area contributed by atoms with Crippen LogP contribution in [0.25, 0.3) is 11.1 Å². The van der Waals surface area contributed by atoms with Crippen molar-refractivity contribution in [1.29, 1.82) is 0 Å². The number of halogens is 6. The largest absolute Gasteiger partial charge is 0.420 e. The molecule has 2 rings (SSSR count). The molecule has 170 valence electrons. The lowest BCUT2D eigenvalue weighted by Gasteiger charge is -2.37. The lowest BCUT2D eigenvalue weighted by Crippen LogP contribution is -2.69. The average Bonchev–Trinajstić information content (AvgIpc) is 2.69. The molecule has 3 N–H and O–H groups in total. The van der Waals surface area contributed by atoms with E-state index in [0.29, 0.717) is 12.5 Å². The first-order chi connectivity index (χ1) is 14.3. The van der Waals surface area contributed by atoms with Gasteiger partial charge in [-0.05, 0) is 29.7 Å². The maximum atomic E-state index is 13.2. The van der Waals surface area contributed by atoms with Crippen LogP contribution in [0.2, 0.25) is 0 Å². The van der Waals surface area contributed by atoms with E-state index < -0.39 is 41.6 Å². The molecule has 0 spiro atoms. The fourth-order valence-corrected chi connectivity index (χ4v) is 3.18. The van der Waals surface area contributed by atoms with Crippen LogP contribution in [0.4, 0.5) is 36.8 Å². The van der Waals surface area contributed by atoms with E-state index >= 15 is 0 Å². The summed E-state index contributed by atoms with van der Waals surface area (Å²) in [5.41, 5.74) is -1.67. The van der Waals surface area contributed by atoms with E-state index in [2.05, 4.69) is 0 Å². The van der Waals surface area contributed by atoms with Crippen LogP contribution >= 0.6 is 0 Å². The second-order valence-electron chi connectivity index (χ2n) is 6.26. The summed E-state index contributed by atoms with van der Waals surface area (Å²) < 4.78 is 100. The summed E-state index contributed by atoms with van der Waals surface area (Å²) >= 11 is -3.00. The lowest BCUT2D eigenvalue weighted by atomic mass is 9.94. The standard InChI is InChI=1S/C18H17F6N3O3S/c1-2-16(17(19,20)21,18(22,23)24)25-15(28)26-27(31(29)30)14-10-8-13(9-11-14)12-6-4-3-5-7-12/h3-11H,2H2,1H3,(H,29,30)(H2,25,26,28). The molecule has 0 heterocycles. The third-order valence-electron chi connectivity index (χ3n) is 4.39. The van der Waals surface area contributed by atoms with Gasteiger partial charge in [-0.25, -0.2) is 14.4 Å². The Morgan fingerprint density at radius 2 is 1.42 bits per heavy atom. The van der Waals surface area contributed by atoms with Gasteiger partial charge in [0.15, 0.2) is 0 Å². The molecule has 2 aromatic rings. The summed E-state index contributed by atoms with van der Waals surface area (Å²) in [7, 11) is 0. The minimum atomic E-state index is -5.86. The number of amides is 2. The van der Waals surface area contributed by atoms with Crippen LogP contribution in [0.5, 0.6) is 0 Å². The predicted octanol–water partition coefficient (Wildman–Crippen LogP) is 4.78. The first-order valence-electron chi connectivity index (χ1n) is 8.61. The van der Waals surface area contributed by atoms with Crippen LogP contribution in [-0.2, 0) is 11.3 Å². The molecular weight excluding hydrogens is 452 g/mol. The van der Waals surface area contributed by atoms with Crippen LogP contribution in [0.15, 0.2) is 54.6 Å². The number of nitrogens with zero attached hydrogens (tertiary/aromatic N) is 1. The molecule has 0 fully saturated rings. The molecular formula is C18H17F6N3O3S. The van der Waals surface area contributed by atoms with Crippen molar-refractivity contribution in [1.82, 2.24) is 10.7 Å². The van der Waals surface area contributed by atoms with Crippen LogP contribution in [0.3, 0.4) is 0 Å². The number of alkyl halides is 6. The second-order valence-corrected chi connectivity index (χ2v) is 7.08. The van der Waals surface area contributed by atoms with Crippen molar-refractivity contribution in [3.63, 3.8) is 0 Å². The van der Waals surface area contributed by atoms with Gasteiger partial charge in [-0.15, -0.1) is 0 Å². The highest BCUT2D eigenvalue weighted by Gasteiger charge is 2.70. The molecule has 0 saturated heterocycles. The van der Waals surface area contributed by atoms with Crippen LogP contribution in [0.1, 0.15) is 13.3 Å². The molecule has 0 aliphatic carbocycles. The number of urea groups is 1. The third kappa shape index (κ3) is 5.28. The number of carbonyl (C=O) groups is 1. The first-order valence-corrected chi connectivity index (χ1v) is 9.67. The van der Waals surface area contributed by atoms with Crippen LogP contribution in [-0.4, -0.2) is 32.7 Å². The zero-order chi connectivity index (χ0) is 23.4. The Kier molecular flexibility index (Phi) is 7.21. The Morgan fingerprint density at radius 1 is 0.935 bits per heavy atom. The van der Waals surface area contributed by atoms with Crippen LogP contribution < -0.4 is 15.2 Å². The van der Waals surface area contributed by atoms with Crippen molar-refractivity contribution in [3.8, 4) is 11.1 Å². The third-order valence-corrected chi connectivity index (χ3v) is 5.01. The number of anilines is 1. The normalized spacial score (nSPS) is 13.4. The Labute approximate surface area is 175 Å². The molecule has 0 aliphatic heterocycles. The lowest BCUT2D eigenvalue weighted by molar-refractivity contribution is -0.304. The highest BCUT2D eigenvalue weighted by molar-refractivity contribution is 7.80. The van der Waals surface area contributed by atoms with Crippen molar-refractivity contribution in [2.24, 2.45) is 0 Å². The molecule has 13 heteroatoms. The quantitative estimate of drug-likeness (QED) is 0.324. The number of nitrogens with one attached hydrogen (secondary N) is 2. The van der Waals surface area contributed by atoms with Gasteiger partial charge in [-0.3, -0.25) is 4.55 Å². The number of carbonyl (C=O) groups excluding carboxylic acids is 1. The van der Waals surface area contributed by atoms with E-state index in [4.69, 9.17) is 0 Å². The molecule has 0 aromatic heterocycles. The van der Waals surface area contributed by atoms with Crippen molar-refractivity contribution in [2.75, 3.05) is 4.41 Å². The van der Waals surface area contributed by atoms with E-state index in [1.807, 2.05) is 0 Å². The van der Waals surface area contributed by atoms with Gasteiger partial charge in [-0.1, -0.05) is 49.4 Å². The van der Waals surface area contributed by atoms with Crippen molar-refractivity contribution in [3.05, 3.63) is 54.6 Å². The Hall–Kier alpha value is -2.80. The number of hydrogen-bond donors (Lipinski definition) is 3. The minimum absolute atomic E-state index is 0.156. The van der Waals surface area contributed by atoms with Gasteiger partial charge in [0.05, 0.1) is 5.69 Å². The molecule has 0 saturated carbocycles. The smallest absolute Gasteiger partial charge is 0.315 e. The van der Waals surface area contributed by atoms with E-state index in [1.165, 1.54) is 24.3 Å². The van der Waals surface area contributed by atoms with E-state index in [-0.39, 0.29) is 10.1 Å². The molecule has 0 aliphatic rings. The zero-order valence-corrected chi connectivity index (χ0v) is 16.6. The molecule has 31 heavy (non-hydrogen) atoms. The van der Waals surface area contributed by atoms with E-state index in [0.717, 1.165) is 10.9 Å². The molecule has 2 aromatic carbocycles. The van der Waals surface area contributed by atoms with Gasteiger partial charge in [-0.2, -0.15) is 30.8 Å². The number of hydrogen-bond acceptors (Lipinski definition) is 2. The monoisotopic (exact) mass is 469 g/mol. The SMILES string of the molecule is CCC(NC(=O)NN(c1ccc(-c2ccccc2)cc1)S(=O)O)(C(F)(F)F)C(F)(F)F. The van der Waals surface area contributed by atoms with Gasteiger partial charge >= 0.3 is 18.4 Å². The summed E-state index contributed by atoms with van der Waals surface area (Å²) in [5, 5.41) is 0.865. The maximum absolute atomic E-state index is 13.2. The highest BCUT2D eigenvalue weighted by Crippen LogP contribution is 2.45. The number of rotatable bonds is 6. The number of hydrazine groups is 1. The van der Waals surface area contributed by atoms with Gasteiger partial charge in [0.1, 0.15) is 0 Å². The van der Waals surface area contributed by atoms with Gasteiger partial charge in [0.2, 0.25) is 5.54 Å². The van der Waals surface area contributed by atoms with E-state index in [9.17, 15) is 39.9 Å². The Balaban J connectivity index is 2.27. The summed E-state index contributed by atoms with van der Waals surface area (Å²) in [6, 6.07) is 12.4. The Morgan fingerprint density at radius 3 is 1.84 bits per heavy atom. The highest BCUT2D eigenvalue weighted by atomic mass is 32.2. The van der Waals surface area contributed by atoms with Crippen molar-refractivity contribution < 1.29 is 39.9 Å². The molecule has 0 bridgehead atoms. The minimum Gasteiger partial charge on any atom is -0.315 e. The molecule has 6 nitrogen and oxygen atoms in total. The topological polar surface area (TPSA) is 81.7 Å². The zero-order valence-electron chi connectivity index (χ0n) is 15.8.